The Labute approximate surface area is 133 Å². The van der Waals surface area contributed by atoms with Crippen LogP contribution in [0.1, 0.15) is 26.3 Å². The first-order chi connectivity index (χ1) is 10.8. The Hall–Kier alpha value is -2.67. The van der Waals surface area contributed by atoms with Gasteiger partial charge in [0, 0.05) is 11.8 Å². The molecule has 0 bridgehead atoms. The van der Waals surface area contributed by atoms with Gasteiger partial charge in [0.1, 0.15) is 0 Å². The summed E-state index contributed by atoms with van der Waals surface area (Å²) in [6, 6.07) is 12.2. The molecule has 0 aliphatic heterocycles. The Balaban J connectivity index is 2.17. The highest BCUT2D eigenvalue weighted by Gasteiger charge is 2.13. The molecule has 0 saturated carbocycles. The second kappa shape index (κ2) is 6.62. The molecule has 2 rings (SSSR count). The summed E-state index contributed by atoms with van der Waals surface area (Å²) in [5.74, 6) is -1.70. The largest absolute Gasteiger partial charge is 0.478 e. The molecule has 0 atom stereocenters. The van der Waals surface area contributed by atoms with Gasteiger partial charge in [-0.05, 0) is 29.8 Å². The van der Waals surface area contributed by atoms with Crippen molar-refractivity contribution < 1.29 is 23.1 Å². The number of aromatic carboxylic acids is 1. The van der Waals surface area contributed by atoms with E-state index in [0.29, 0.717) is 11.1 Å². The maximum absolute atomic E-state index is 12.2. The zero-order chi connectivity index (χ0) is 17.0. The van der Waals surface area contributed by atoms with Crippen LogP contribution in [0.15, 0.2) is 48.5 Å². The van der Waals surface area contributed by atoms with E-state index < -0.39 is 21.7 Å². The SMILES string of the molecule is CS(=O)(=O)Cc1ccc(C(=O)Nc2ccccc2C(=O)O)cc1. The Bertz CT molecular complexity index is 841. The van der Waals surface area contributed by atoms with Gasteiger partial charge in [-0.25, -0.2) is 13.2 Å². The topological polar surface area (TPSA) is 101 Å². The zero-order valence-corrected chi connectivity index (χ0v) is 13.1. The van der Waals surface area contributed by atoms with Crippen LogP contribution >= 0.6 is 0 Å². The van der Waals surface area contributed by atoms with Crippen molar-refractivity contribution >= 4 is 27.4 Å². The monoisotopic (exact) mass is 333 g/mol. The first-order valence-electron chi connectivity index (χ1n) is 6.66. The first-order valence-corrected chi connectivity index (χ1v) is 8.72. The summed E-state index contributed by atoms with van der Waals surface area (Å²) in [6.45, 7) is 0. The molecular weight excluding hydrogens is 318 g/mol. The van der Waals surface area contributed by atoms with Gasteiger partial charge in [-0.1, -0.05) is 24.3 Å². The standard InChI is InChI=1S/C16H15NO5S/c1-23(21,22)10-11-6-8-12(9-7-11)15(18)17-14-5-3-2-4-13(14)16(19)20/h2-9H,10H2,1H3,(H,17,18)(H,19,20). The molecule has 6 nitrogen and oxygen atoms in total. The van der Waals surface area contributed by atoms with Crippen LogP contribution in [0.25, 0.3) is 0 Å². The number of rotatable bonds is 5. The third kappa shape index (κ3) is 4.65. The predicted octanol–water partition coefficient (Wildman–Crippen LogP) is 2.18. The third-order valence-electron chi connectivity index (χ3n) is 3.05. The summed E-state index contributed by atoms with van der Waals surface area (Å²) < 4.78 is 22.5. The number of sulfone groups is 1. The van der Waals surface area contributed by atoms with Crippen molar-refractivity contribution in [3.8, 4) is 0 Å². The van der Waals surface area contributed by atoms with Gasteiger partial charge >= 0.3 is 5.97 Å². The second-order valence-corrected chi connectivity index (χ2v) is 7.21. The highest BCUT2D eigenvalue weighted by molar-refractivity contribution is 7.89. The van der Waals surface area contributed by atoms with Crippen molar-refractivity contribution in [3.05, 3.63) is 65.2 Å². The van der Waals surface area contributed by atoms with E-state index in [1.165, 1.54) is 24.3 Å². The predicted molar refractivity (Wildman–Crippen MR) is 86.3 cm³/mol. The molecule has 0 aliphatic carbocycles. The number of carbonyl (C=O) groups is 2. The molecule has 2 aromatic carbocycles. The van der Waals surface area contributed by atoms with Gasteiger partial charge in [-0.3, -0.25) is 4.79 Å². The molecule has 23 heavy (non-hydrogen) atoms. The lowest BCUT2D eigenvalue weighted by molar-refractivity contribution is 0.0698. The summed E-state index contributed by atoms with van der Waals surface area (Å²) in [5.41, 5.74) is 1.08. The average molecular weight is 333 g/mol. The Kier molecular flexibility index (Phi) is 4.80. The van der Waals surface area contributed by atoms with Crippen molar-refractivity contribution in [1.82, 2.24) is 0 Å². The lowest BCUT2D eigenvalue weighted by Crippen LogP contribution is -2.14. The number of hydrogen-bond donors (Lipinski definition) is 2. The van der Waals surface area contributed by atoms with E-state index >= 15 is 0 Å². The Morgan fingerprint density at radius 3 is 2.22 bits per heavy atom. The Morgan fingerprint density at radius 1 is 1.04 bits per heavy atom. The van der Waals surface area contributed by atoms with E-state index in [1.54, 1.807) is 24.3 Å². The van der Waals surface area contributed by atoms with E-state index in [-0.39, 0.29) is 17.0 Å². The van der Waals surface area contributed by atoms with E-state index in [0.717, 1.165) is 6.26 Å². The van der Waals surface area contributed by atoms with Crippen molar-refractivity contribution in [2.24, 2.45) is 0 Å². The number of anilines is 1. The fourth-order valence-corrected chi connectivity index (χ4v) is 2.83. The lowest BCUT2D eigenvalue weighted by Gasteiger charge is -2.08. The first kappa shape index (κ1) is 16.7. The van der Waals surface area contributed by atoms with Crippen LogP contribution < -0.4 is 5.32 Å². The molecule has 0 aliphatic rings. The van der Waals surface area contributed by atoms with E-state index in [1.807, 2.05) is 0 Å². The molecule has 2 N–H and O–H groups in total. The molecule has 0 heterocycles. The molecule has 120 valence electrons. The van der Waals surface area contributed by atoms with Gasteiger partial charge in [0.05, 0.1) is 17.0 Å². The van der Waals surface area contributed by atoms with E-state index in [4.69, 9.17) is 5.11 Å². The van der Waals surface area contributed by atoms with Gasteiger partial charge in [-0.2, -0.15) is 0 Å². The number of carboxylic acids is 1. The minimum Gasteiger partial charge on any atom is -0.478 e. The molecule has 2 aromatic rings. The summed E-state index contributed by atoms with van der Waals surface area (Å²) >= 11 is 0. The van der Waals surface area contributed by atoms with Crippen molar-refractivity contribution in [1.29, 1.82) is 0 Å². The highest BCUT2D eigenvalue weighted by Crippen LogP contribution is 2.16. The quantitative estimate of drug-likeness (QED) is 0.873. The summed E-state index contributed by atoms with van der Waals surface area (Å²) in [4.78, 5) is 23.3. The molecule has 0 saturated heterocycles. The molecule has 0 unspecified atom stereocenters. The van der Waals surface area contributed by atoms with E-state index in [2.05, 4.69) is 5.32 Å². The molecular formula is C16H15NO5S. The number of benzene rings is 2. The second-order valence-electron chi connectivity index (χ2n) is 5.07. The minimum absolute atomic E-state index is 0.00505. The van der Waals surface area contributed by atoms with Crippen molar-refractivity contribution in [2.45, 2.75) is 5.75 Å². The Morgan fingerprint density at radius 2 is 1.65 bits per heavy atom. The molecule has 0 aromatic heterocycles. The molecule has 0 fully saturated rings. The number of carbonyl (C=O) groups excluding carboxylic acids is 1. The smallest absolute Gasteiger partial charge is 0.337 e. The van der Waals surface area contributed by atoms with E-state index in [9.17, 15) is 18.0 Å². The number of amides is 1. The van der Waals surface area contributed by atoms with Crippen LogP contribution in [-0.4, -0.2) is 31.7 Å². The van der Waals surface area contributed by atoms with Crippen LogP contribution in [0, 0.1) is 0 Å². The number of hydrogen-bond acceptors (Lipinski definition) is 4. The number of para-hydroxylation sites is 1. The van der Waals surface area contributed by atoms with Gasteiger partial charge in [0.15, 0.2) is 9.84 Å². The summed E-state index contributed by atoms with van der Waals surface area (Å²) in [6.07, 6.45) is 1.14. The number of carboxylic acid groups (broad SMARTS) is 1. The lowest BCUT2D eigenvalue weighted by atomic mass is 10.1. The molecule has 7 heteroatoms. The fraction of sp³-hybridized carbons (Fsp3) is 0.125. The van der Waals surface area contributed by atoms with Crippen LogP contribution in [0.3, 0.4) is 0 Å². The van der Waals surface area contributed by atoms with Gasteiger partial charge < -0.3 is 10.4 Å². The normalized spacial score (nSPS) is 11.0. The molecule has 0 radical (unpaired) electrons. The van der Waals surface area contributed by atoms with Crippen molar-refractivity contribution in [3.63, 3.8) is 0 Å². The summed E-state index contributed by atoms with van der Waals surface area (Å²) in [5, 5.41) is 11.6. The maximum atomic E-state index is 12.2. The van der Waals surface area contributed by atoms with Crippen LogP contribution in [0.5, 0.6) is 0 Å². The maximum Gasteiger partial charge on any atom is 0.337 e. The van der Waals surface area contributed by atoms with Crippen LogP contribution in [0.4, 0.5) is 5.69 Å². The minimum atomic E-state index is -3.14. The number of nitrogens with one attached hydrogen (secondary N) is 1. The highest BCUT2D eigenvalue weighted by atomic mass is 32.2. The average Bonchev–Trinajstić information content (AvgIpc) is 2.46. The zero-order valence-electron chi connectivity index (χ0n) is 12.3. The fourth-order valence-electron chi connectivity index (χ4n) is 2.03. The molecule has 0 spiro atoms. The van der Waals surface area contributed by atoms with Gasteiger partial charge in [0.25, 0.3) is 5.91 Å². The van der Waals surface area contributed by atoms with Crippen molar-refractivity contribution in [2.75, 3.05) is 11.6 Å². The van der Waals surface area contributed by atoms with Gasteiger partial charge in [-0.15, -0.1) is 0 Å². The van der Waals surface area contributed by atoms with Gasteiger partial charge in [0.2, 0.25) is 0 Å². The summed E-state index contributed by atoms with van der Waals surface area (Å²) in [7, 11) is -3.14. The van der Waals surface area contributed by atoms with Crippen LogP contribution in [0.2, 0.25) is 0 Å². The van der Waals surface area contributed by atoms with Crippen LogP contribution in [-0.2, 0) is 15.6 Å². The molecule has 1 amide bonds. The third-order valence-corrected chi connectivity index (χ3v) is 3.91.